The van der Waals surface area contributed by atoms with Crippen molar-refractivity contribution in [3.05, 3.63) is 47.2 Å². The lowest BCUT2D eigenvalue weighted by Crippen LogP contribution is -2.40. The number of halogens is 2. The van der Waals surface area contributed by atoms with Gasteiger partial charge in [-0.1, -0.05) is 11.6 Å². The van der Waals surface area contributed by atoms with Crippen molar-refractivity contribution in [2.45, 2.75) is 9.79 Å². The summed E-state index contributed by atoms with van der Waals surface area (Å²) in [5, 5.41) is 2.65. The molecule has 1 saturated heterocycles. The number of morpholine rings is 1. The molecule has 0 atom stereocenters. The van der Waals surface area contributed by atoms with E-state index in [2.05, 4.69) is 5.32 Å². The van der Waals surface area contributed by atoms with Gasteiger partial charge in [0.05, 0.1) is 41.7 Å². The van der Waals surface area contributed by atoms with Gasteiger partial charge in [-0.15, -0.1) is 11.8 Å². The number of ether oxygens (including phenoxy) is 2. The Labute approximate surface area is 183 Å². The lowest BCUT2D eigenvalue weighted by atomic mass is 10.3. The van der Waals surface area contributed by atoms with Gasteiger partial charge in [-0.2, -0.15) is 4.31 Å². The van der Waals surface area contributed by atoms with E-state index in [1.165, 1.54) is 59.6 Å². The van der Waals surface area contributed by atoms with E-state index in [0.717, 1.165) is 0 Å². The van der Waals surface area contributed by atoms with Crippen LogP contribution in [-0.2, 0) is 19.6 Å². The van der Waals surface area contributed by atoms with Gasteiger partial charge in [0.15, 0.2) is 0 Å². The maximum absolute atomic E-state index is 13.2. The fourth-order valence-corrected chi connectivity index (χ4v) is 5.20. The number of carbonyl (C=O) groups excluding carboxylic acids is 1. The normalized spacial score (nSPS) is 15.0. The summed E-state index contributed by atoms with van der Waals surface area (Å²) in [4.78, 5) is 13.1. The molecule has 0 saturated carbocycles. The number of rotatable bonds is 7. The molecule has 1 amide bonds. The fraction of sp³-hybridized carbons (Fsp3) is 0.316. The van der Waals surface area contributed by atoms with Crippen LogP contribution in [0.15, 0.2) is 46.2 Å². The number of carbonyl (C=O) groups is 1. The molecule has 162 valence electrons. The van der Waals surface area contributed by atoms with Crippen LogP contribution in [0.25, 0.3) is 0 Å². The molecule has 0 aromatic heterocycles. The Morgan fingerprint density at radius 2 is 2.00 bits per heavy atom. The Bertz CT molecular complexity index is 1030. The summed E-state index contributed by atoms with van der Waals surface area (Å²) in [7, 11) is -2.29. The Hall–Kier alpha value is -1.85. The molecule has 7 nitrogen and oxygen atoms in total. The quantitative estimate of drug-likeness (QED) is 0.620. The van der Waals surface area contributed by atoms with E-state index in [1.54, 1.807) is 0 Å². The Morgan fingerprint density at radius 3 is 2.67 bits per heavy atom. The minimum Gasteiger partial charge on any atom is -0.495 e. The lowest BCUT2D eigenvalue weighted by Gasteiger charge is -2.26. The molecule has 11 heteroatoms. The van der Waals surface area contributed by atoms with E-state index >= 15 is 0 Å². The number of nitrogens with zero attached hydrogens (tertiary/aromatic N) is 1. The van der Waals surface area contributed by atoms with E-state index in [9.17, 15) is 17.6 Å². The average molecular weight is 475 g/mol. The molecule has 1 aliphatic heterocycles. The molecule has 1 aliphatic rings. The number of thioether (sulfide) groups is 1. The summed E-state index contributed by atoms with van der Waals surface area (Å²) >= 11 is 6.92. The first kappa shape index (κ1) is 22.8. The summed E-state index contributed by atoms with van der Waals surface area (Å²) in [5.74, 6) is -0.557. The minimum atomic E-state index is -3.72. The molecule has 0 bridgehead atoms. The van der Waals surface area contributed by atoms with Gasteiger partial charge in [-0.3, -0.25) is 4.79 Å². The van der Waals surface area contributed by atoms with Crippen molar-refractivity contribution >= 4 is 45.0 Å². The number of methoxy groups -OCH3 is 1. The molecule has 1 N–H and O–H groups in total. The number of hydrogen-bond acceptors (Lipinski definition) is 6. The van der Waals surface area contributed by atoms with Crippen LogP contribution in [0.3, 0.4) is 0 Å². The zero-order valence-electron chi connectivity index (χ0n) is 16.1. The molecule has 1 fully saturated rings. The number of nitrogens with one attached hydrogen (secondary N) is 1. The highest BCUT2D eigenvalue weighted by molar-refractivity contribution is 8.00. The predicted octanol–water partition coefficient (Wildman–Crippen LogP) is 3.24. The SMILES string of the molecule is COc1ccc(S(=O)(=O)N2CCOCC2)cc1NC(=O)CSc1ccc(F)c(Cl)c1. The number of amides is 1. The monoisotopic (exact) mass is 474 g/mol. The minimum absolute atomic E-state index is 0.0194. The molecular formula is C19H20ClFN2O5S2. The summed E-state index contributed by atoms with van der Waals surface area (Å²) in [5.41, 5.74) is 0.245. The maximum Gasteiger partial charge on any atom is 0.243 e. The molecule has 3 rings (SSSR count). The number of hydrogen-bond donors (Lipinski definition) is 1. The molecule has 30 heavy (non-hydrogen) atoms. The maximum atomic E-state index is 13.2. The Kier molecular flexibility index (Phi) is 7.59. The van der Waals surface area contributed by atoms with E-state index in [1.807, 2.05) is 0 Å². The van der Waals surface area contributed by atoms with Gasteiger partial charge in [-0.05, 0) is 36.4 Å². The zero-order valence-corrected chi connectivity index (χ0v) is 18.4. The molecule has 2 aromatic rings. The van der Waals surface area contributed by atoms with Gasteiger partial charge in [0.1, 0.15) is 11.6 Å². The van der Waals surface area contributed by atoms with Crippen LogP contribution in [0.1, 0.15) is 0 Å². The second kappa shape index (κ2) is 9.97. The van der Waals surface area contributed by atoms with Crippen molar-refractivity contribution in [2.24, 2.45) is 0 Å². The van der Waals surface area contributed by atoms with Crippen molar-refractivity contribution in [1.82, 2.24) is 4.31 Å². The van der Waals surface area contributed by atoms with E-state index in [-0.39, 0.29) is 40.4 Å². The van der Waals surface area contributed by atoms with Gasteiger partial charge in [0, 0.05) is 18.0 Å². The first-order chi connectivity index (χ1) is 14.3. The highest BCUT2D eigenvalue weighted by Gasteiger charge is 2.27. The van der Waals surface area contributed by atoms with Gasteiger partial charge >= 0.3 is 0 Å². The summed E-state index contributed by atoms with van der Waals surface area (Å²) in [6.45, 7) is 1.22. The van der Waals surface area contributed by atoms with Crippen LogP contribution >= 0.6 is 23.4 Å². The first-order valence-electron chi connectivity index (χ1n) is 8.95. The van der Waals surface area contributed by atoms with E-state index < -0.39 is 15.8 Å². The van der Waals surface area contributed by atoms with Crippen LogP contribution in [0.2, 0.25) is 5.02 Å². The Balaban J connectivity index is 1.73. The summed E-state index contributed by atoms with van der Waals surface area (Å²) in [6.07, 6.45) is 0. The first-order valence-corrected chi connectivity index (χ1v) is 11.8. The summed E-state index contributed by atoms with van der Waals surface area (Å²) in [6, 6.07) is 8.50. The molecule has 0 radical (unpaired) electrons. The second-order valence-corrected chi connectivity index (χ2v) is 9.69. The third-order valence-electron chi connectivity index (χ3n) is 4.31. The topological polar surface area (TPSA) is 84.9 Å². The van der Waals surface area contributed by atoms with Crippen molar-refractivity contribution in [3.63, 3.8) is 0 Å². The van der Waals surface area contributed by atoms with E-state index in [4.69, 9.17) is 21.1 Å². The van der Waals surface area contributed by atoms with Gasteiger partial charge in [0.2, 0.25) is 15.9 Å². The highest BCUT2D eigenvalue weighted by Crippen LogP contribution is 2.30. The van der Waals surface area contributed by atoms with Crippen LogP contribution in [0.4, 0.5) is 10.1 Å². The smallest absolute Gasteiger partial charge is 0.243 e. The molecule has 0 unspecified atom stereocenters. The number of sulfonamides is 1. The molecule has 2 aromatic carbocycles. The number of benzene rings is 2. The van der Waals surface area contributed by atoms with Crippen molar-refractivity contribution in [3.8, 4) is 5.75 Å². The molecular weight excluding hydrogens is 455 g/mol. The Morgan fingerprint density at radius 1 is 1.27 bits per heavy atom. The third kappa shape index (κ3) is 5.44. The third-order valence-corrected chi connectivity index (χ3v) is 7.49. The standard InChI is InChI=1S/C19H20ClFN2O5S2/c1-27-18-5-3-14(30(25,26)23-6-8-28-9-7-23)11-17(18)22-19(24)12-29-13-2-4-16(21)15(20)10-13/h2-5,10-11H,6-9,12H2,1H3,(H,22,24). The molecule has 1 heterocycles. The van der Waals surface area contributed by atoms with Gasteiger partial charge in [0.25, 0.3) is 0 Å². The average Bonchev–Trinajstić information content (AvgIpc) is 2.75. The van der Waals surface area contributed by atoms with Crippen molar-refractivity contribution in [1.29, 1.82) is 0 Å². The van der Waals surface area contributed by atoms with Crippen molar-refractivity contribution in [2.75, 3.05) is 44.5 Å². The fourth-order valence-electron chi connectivity index (χ4n) is 2.78. The van der Waals surface area contributed by atoms with Crippen LogP contribution in [-0.4, -0.2) is 57.8 Å². The van der Waals surface area contributed by atoms with Crippen LogP contribution in [0, 0.1) is 5.82 Å². The van der Waals surface area contributed by atoms with Crippen LogP contribution < -0.4 is 10.1 Å². The molecule has 0 aliphatic carbocycles. The highest BCUT2D eigenvalue weighted by atomic mass is 35.5. The lowest BCUT2D eigenvalue weighted by molar-refractivity contribution is -0.113. The van der Waals surface area contributed by atoms with Gasteiger partial charge in [-0.25, -0.2) is 12.8 Å². The second-order valence-electron chi connectivity index (χ2n) is 6.29. The zero-order chi connectivity index (χ0) is 21.7. The van der Waals surface area contributed by atoms with Crippen molar-refractivity contribution < 1.29 is 27.1 Å². The molecule has 0 spiro atoms. The summed E-state index contributed by atoms with van der Waals surface area (Å²) < 4.78 is 50.8. The van der Waals surface area contributed by atoms with E-state index in [0.29, 0.717) is 23.9 Å². The van der Waals surface area contributed by atoms with Gasteiger partial charge < -0.3 is 14.8 Å². The predicted molar refractivity (Wildman–Crippen MR) is 113 cm³/mol. The number of anilines is 1. The van der Waals surface area contributed by atoms with Crippen LogP contribution in [0.5, 0.6) is 5.75 Å². The largest absolute Gasteiger partial charge is 0.495 e.